The van der Waals surface area contributed by atoms with Gasteiger partial charge in [-0.2, -0.15) is 0 Å². The first-order valence-electron chi connectivity index (χ1n) is 5.25. The van der Waals surface area contributed by atoms with Crippen LogP contribution in [0.3, 0.4) is 0 Å². The molecule has 0 fully saturated rings. The minimum atomic E-state index is -0.682. The van der Waals surface area contributed by atoms with E-state index in [1.165, 1.54) is 0 Å². The highest BCUT2D eigenvalue weighted by Gasteiger charge is 2.15. The third-order valence-corrected chi connectivity index (χ3v) is 2.17. The van der Waals surface area contributed by atoms with Crippen LogP contribution in [0.25, 0.3) is 0 Å². The zero-order valence-electron chi connectivity index (χ0n) is 8.76. The molecular weight excluding hydrogens is 184 g/mol. The molecule has 86 valence electrons. The first-order valence-corrected chi connectivity index (χ1v) is 5.25. The third kappa shape index (κ3) is 7.26. The Balaban J connectivity index is 3.57. The molecule has 0 spiro atoms. The predicted octanol–water partition coefficient (Wildman–Crippen LogP) is 0.0318. The molecular formula is C10H22O4. The predicted molar refractivity (Wildman–Crippen MR) is 53.9 cm³/mol. The number of hydrogen-bond acceptors (Lipinski definition) is 4. The van der Waals surface area contributed by atoms with Crippen LogP contribution in [0.15, 0.2) is 0 Å². The van der Waals surface area contributed by atoms with Crippen molar-refractivity contribution in [2.75, 3.05) is 6.61 Å². The lowest BCUT2D eigenvalue weighted by molar-refractivity contribution is 0.0298. The molecule has 0 saturated carbocycles. The smallest absolute Gasteiger partial charge is 0.0589 e. The molecule has 0 aliphatic rings. The maximum atomic E-state index is 9.44. The molecule has 0 amide bonds. The van der Waals surface area contributed by atoms with Gasteiger partial charge in [-0.1, -0.05) is 13.3 Å². The summed E-state index contributed by atoms with van der Waals surface area (Å²) < 4.78 is 0. The van der Waals surface area contributed by atoms with Crippen molar-refractivity contribution in [1.29, 1.82) is 0 Å². The standard InChI is InChI=1S/C10H22O4/c1-2-3-8(12)6-10(14)7-9(13)4-5-11/h8-14H,2-7H2,1H3/t8-,9-,10+/m0/s1. The molecule has 0 saturated heterocycles. The van der Waals surface area contributed by atoms with Crippen LogP contribution in [-0.2, 0) is 0 Å². The van der Waals surface area contributed by atoms with Crippen LogP contribution < -0.4 is 0 Å². The van der Waals surface area contributed by atoms with Crippen LogP contribution in [0.5, 0.6) is 0 Å². The average molecular weight is 206 g/mol. The second-order valence-corrected chi connectivity index (χ2v) is 3.73. The SMILES string of the molecule is CCC[C@H](O)C[C@@H](O)C[C@@H](O)CCO. The summed E-state index contributed by atoms with van der Waals surface area (Å²) in [5, 5.41) is 36.6. The van der Waals surface area contributed by atoms with Crippen molar-refractivity contribution in [1.82, 2.24) is 0 Å². The van der Waals surface area contributed by atoms with E-state index >= 15 is 0 Å². The number of aliphatic hydroxyl groups excluding tert-OH is 4. The zero-order valence-corrected chi connectivity index (χ0v) is 8.76. The lowest BCUT2D eigenvalue weighted by atomic mass is 10.0. The van der Waals surface area contributed by atoms with Gasteiger partial charge in [0.2, 0.25) is 0 Å². The number of aliphatic hydroxyl groups is 4. The Morgan fingerprint density at radius 2 is 1.36 bits per heavy atom. The molecule has 4 heteroatoms. The van der Waals surface area contributed by atoms with Gasteiger partial charge in [0.15, 0.2) is 0 Å². The Labute approximate surface area is 85.2 Å². The summed E-state index contributed by atoms with van der Waals surface area (Å²) in [6.45, 7) is 1.89. The van der Waals surface area contributed by atoms with Gasteiger partial charge in [-0.25, -0.2) is 0 Å². The monoisotopic (exact) mass is 206 g/mol. The van der Waals surface area contributed by atoms with Gasteiger partial charge in [-0.3, -0.25) is 0 Å². The lowest BCUT2D eigenvalue weighted by Gasteiger charge is -2.17. The van der Waals surface area contributed by atoms with Crippen LogP contribution in [0.4, 0.5) is 0 Å². The van der Waals surface area contributed by atoms with Gasteiger partial charge in [0.1, 0.15) is 0 Å². The van der Waals surface area contributed by atoms with Gasteiger partial charge in [-0.15, -0.1) is 0 Å². The van der Waals surface area contributed by atoms with Crippen LogP contribution in [0, 0.1) is 0 Å². The second kappa shape index (κ2) is 8.17. The average Bonchev–Trinajstić information content (AvgIpc) is 2.03. The highest BCUT2D eigenvalue weighted by atomic mass is 16.3. The van der Waals surface area contributed by atoms with Crippen molar-refractivity contribution in [3.8, 4) is 0 Å². The molecule has 0 aromatic carbocycles. The van der Waals surface area contributed by atoms with E-state index in [-0.39, 0.29) is 19.4 Å². The Hall–Kier alpha value is -0.160. The van der Waals surface area contributed by atoms with E-state index < -0.39 is 18.3 Å². The summed E-state index contributed by atoms with van der Waals surface area (Å²) in [5.74, 6) is 0. The van der Waals surface area contributed by atoms with Gasteiger partial charge >= 0.3 is 0 Å². The van der Waals surface area contributed by atoms with Gasteiger partial charge < -0.3 is 20.4 Å². The first-order chi connectivity index (χ1) is 6.60. The van der Waals surface area contributed by atoms with Gasteiger partial charge in [0.05, 0.1) is 18.3 Å². The van der Waals surface area contributed by atoms with Crippen molar-refractivity contribution in [3.63, 3.8) is 0 Å². The van der Waals surface area contributed by atoms with E-state index in [0.717, 1.165) is 6.42 Å². The molecule has 3 atom stereocenters. The third-order valence-electron chi connectivity index (χ3n) is 2.17. The van der Waals surface area contributed by atoms with Crippen molar-refractivity contribution >= 4 is 0 Å². The molecule has 0 unspecified atom stereocenters. The summed E-state index contributed by atoms with van der Waals surface area (Å²) >= 11 is 0. The molecule has 4 N–H and O–H groups in total. The molecule has 0 radical (unpaired) electrons. The fourth-order valence-electron chi connectivity index (χ4n) is 1.44. The van der Waals surface area contributed by atoms with Crippen molar-refractivity contribution in [2.24, 2.45) is 0 Å². The highest BCUT2D eigenvalue weighted by Crippen LogP contribution is 2.10. The quantitative estimate of drug-likeness (QED) is 0.452. The van der Waals surface area contributed by atoms with Gasteiger partial charge in [0.25, 0.3) is 0 Å². The lowest BCUT2D eigenvalue weighted by Crippen LogP contribution is -2.23. The summed E-state index contributed by atoms with van der Waals surface area (Å²) in [7, 11) is 0. The molecule has 14 heavy (non-hydrogen) atoms. The van der Waals surface area contributed by atoms with E-state index in [1.54, 1.807) is 0 Å². The summed E-state index contributed by atoms with van der Waals surface area (Å²) in [6.07, 6.45) is 0.511. The van der Waals surface area contributed by atoms with E-state index in [1.807, 2.05) is 6.92 Å². The summed E-state index contributed by atoms with van der Waals surface area (Å²) in [5.41, 5.74) is 0. The second-order valence-electron chi connectivity index (χ2n) is 3.73. The minimum absolute atomic E-state index is 0.0780. The Morgan fingerprint density at radius 1 is 0.857 bits per heavy atom. The fourth-order valence-corrected chi connectivity index (χ4v) is 1.44. The molecule has 0 aliphatic carbocycles. The van der Waals surface area contributed by atoms with E-state index in [0.29, 0.717) is 12.8 Å². The number of hydrogen-bond donors (Lipinski definition) is 4. The fraction of sp³-hybridized carbons (Fsp3) is 1.00. The topological polar surface area (TPSA) is 80.9 Å². The van der Waals surface area contributed by atoms with Crippen molar-refractivity contribution < 1.29 is 20.4 Å². The summed E-state index contributed by atoms with van der Waals surface area (Å²) in [4.78, 5) is 0. The van der Waals surface area contributed by atoms with Crippen molar-refractivity contribution in [2.45, 2.75) is 57.3 Å². The first kappa shape index (κ1) is 13.8. The molecule has 0 bridgehead atoms. The molecule has 0 aromatic heterocycles. The number of rotatable bonds is 8. The molecule has 0 heterocycles. The van der Waals surface area contributed by atoms with E-state index in [9.17, 15) is 15.3 Å². The van der Waals surface area contributed by atoms with Crippen molar-refractivity contribution in [3.05, 3.63) is 0 Å². The van der Waals surface area contributed by atoms with E-state index in [4.69, 9.17) is 5.11 Å². The van der Waals surface area contributed by atoms with Crippen LogP contribution in [0.1, 0.15) is 39.0 Å². The van der Waals surface area contributed by atoms with Crippen LogP contribution in [-0.4, -0.2) is 45.3 Å². The Morgan fingerprint density at radius 3 is 1.79 bits per heavy atom. The minimum Gasteiger partial charge on any atom is -0.396 e. The van der Waals surface area contributed by atoms with Crippen LogP contribution >= 0.6 is 0 Å². The van der Waals surface area contributed by atoms with E-state index in [2.05, 4.69) is 0 Å². The molecule has 0 aromatic rings. The van der Waals surface area contributed by atoms with Gasteiger partial charge in [0, 0.05) is 6.61 Å². The largest absolute Gasteiger partial charge is 0.396 e. The molecule has 0 rings (SSSR count). The Bertz CT molecular complexity index is 115. The van der Waals surface area contributed by atoms with Crippen LogP contribution in [0.2, 0.25) is 0 Å². The van der Waals surface area contributed by atoms with Gasteiger partial charge in [-0.05, 0) is 25.7 Å². The normalized spacial score (nSPS) is 17.8. The maximum Gasteiger partial charge on any atom is 0.0589 e. The maximum absolute atomic E-state index is 9.44. The highest BCUT2D eigenvalue weighted by molar-refractivity contribution is 4.67. The summed E-state index contributed by atoms with van der Waals surface area (Å²) in [6, 6.07) is 0. The Kier molecular flexibility index (Phi) is 8.08. The zero-order chi connectivity index (χ0) is 11.0. The molecule has 4 nitrogen and oxygen atoms in total. The molecule has 0 aliphatic heterocycles.